The van der Waals surface area contributed by atoms with Crippen molar-refractivity contribution >= 4 is 5.91 Å². The Kier molecular flexibility index (Phi) is 3.28. The lowest BCUT2D eigenvalue weighted by atomic mass is 10.2. The van der Waals surface area contributed by atoms with Gasteiger partial charge in [0.25, 0.3) is 0 Å². The summed E-state index contributed by atoms with van der Waals surface area (Å²) in [7, 11) is 0. The predicted molar refractivity (Wildman–Crippen MR) is 55.7 cm³/mol. The molecule has 18 heavy (non-hydrogen) atoms. The first-order chi connectivity index (χ1) is 8.58. The zero-order valence-corrected chi connectivity index (χ0v) is 8.98. The molecule has 0 unspecified atom stereocenters. The number of carbonyl (C=O) groups excluding carboxylic acids is 1. The molecule has 0 aliphatic heterocycles. The smallest absolute Gasteiger partial charge is 0.247 e. The third-order valence-electron chi connectivity index (χ3n) is 2.05. The summed E-state index contributed by atoms with van der Waals surface area (Å²) in [4.78, 5) is 11.0. The lowest BCUT2D eigenvalue weighted by Crippen LogP contribution is -2.31. The standard InChI is InChI=1S/C10H8F2N4O2/c11-6-1-5(2-7(12)3-6)10-16-15-9(18-10)4-8(17)14-13/h1-3H,4,13H2,(H,14,17). The summed E-state index contributed by atoms with van der Waals surface area (Å²) in [6.45, 7) is 0. The molecule has 0 atom stereocenters. The number of benzene rings is 1. The molecule has 0 fully saturated rings. The molecule has 1 aromatic heterocycles. The number of nitrogens with one attached hydrogen (secondary N) is 1. The van der Waals surface area contributed by atoms with E-state index in [0.29, 0.717) is 0 Å². The highest BCUT2D eigenvalue weighted by Crippen LogP contribution is 2.20. The number of hydrazine groups is 1. The predicted octanol–water partition coefficient (Wildman–Crippen LogP) is 0.547. The SMILES string of the molecule is NNC(=O)Cc1nnc(-c2cc(F)cc(F)c2)o1. The van der Waals surface area contributed by atoms with Crippen LogP contribution in [0.1, 0.15) is 5.89 Å². The van der Waals surface area contributed by atoms with Gasteiger partial charge in [0, 0.05) is 11.6 Å². The molecule has 0 saturated carbocycles. The number of rotatable bonds is 3. The molecule has 2 rings (SSSR count). The Hall–Kier alpha value is -2.35. The van der Waals surface area contributed by atoms with Gasteiger partial charge in [-0.3, -0.25) is 10.2 Å². The van der Waals surface area contributed by atoms with Crippen LogP contribution in [-0.2, 0) is 11.2 Å². The zero-order chi connectivity index (χ0) is 13.1. The van der Waals surface area contributed by atoms with Gasteiger partial charge < -0.3 is 4.42 Å². The van der Waals surface area contributed by atoms with Crippen molar-refractivity contribution in [3.05, 3.63) is 35.7 Å². The van der Waals surface area contributed by atoms with Crippen molar-refractivity contribution in [2.45, 2.75) is 6.42 Å². The van der Waals surface area contributed by atoms with Gasteiger partial charge in [-0.1, -0.05) is 0 Å². The molecular formula is C10H8F2N4O2. The summed E-state index contributed by atoms with van der Waals surface area (Å²) in [5.74, 6) is 2.77. The maximum absolute atomic E-state index is 13.0. The van der Waals surface area contributed by atoms with Crippen molar-refractivity contribution in [1.82, 2.24) is 15.6 Å². The van der Waals surface area contributed by atoms with Crippen LogP contribution in [0.4, 0.5) is 8.78 Å². The molecule has 3 N–H and O–H groups in total. The highest BCUT2D eigenvalue weighted by molar-refractivity contribution is 5.76. The van der Waals surface area contributed by atoms with Gasteiger partial charge in [-0.05, 0) is 12.1 Å². The second-order valence-corrected chi connectivity index (χ2v) is 3.40. The molecule has 0 aliphatic rings. The molecule has 2 aromatic rings. The topological polar surface area (TPSA) is 94.0 Å². The monoisotopic (exact) mass is 254 g/mol. The Morgan fingerprint density at radius 1 is 1.28 bits per heavy atom. The maximum Gasteiger partial charge on any atom is 0.247 e. The number of hydrogen-bond acceptors (Lipinski definition) is 5. The van der Waals surface area contributed by atoms with Gasteiger partial charge in [-0.15, -0.1) is 10.2 Å². The fourth-order valence-electron chi connectivity index (χ4n) is 1.31. The summed E-state index contributed by atoms with van der Waals surface area (Å²) >= 11 is 0. The van der Waals surface area contributed by atoms with Crippen LogP contribution in [0.25, 0.3) is 11.5 Å². The Morgan fingerprint density at radius 3 is 2.56 bits per heavy atom. The molecule has 1 aromatic carbocycles. The Balaban J connectivity index is 2.26. The number of nitrogens with zero attached hydrogens (tertiary/aromatic N) is 2. The van der Waals surface area contributed by atoms with Crippen molar-refractivity contribution in [2.24, 2.45) is 5.84 Å². The fraction of sp³-hybridized carbons (Fsp3) is 0.100. The first-order valence-electron chi connectivity index (χ1n) is 4.87. The van der Waals surface area contributed by atoms with Crippen molar-refractivity contribution < 1.29 is 18.0 Å². The number of nitrogens with two attached hydrogens (primary N) is 1. The minimum Gasteiger partial charge on any atom is -0.420 e. The van der Waals surface area contributed by atoms with Crippen LogP contribution in [0, 0.1) is 11.6 Å². The number of amides is 1. The summed E-state index contributed by atoms with van der Waals surface area (Å²) < 4.78 is 31.0. The summed E-state index contributed by atoms with van der Waals surface area (Å²) in [6, 6.07) is 2.81. The van der Waals surface area contributed by atoms with Gasteiger partial charge in [0.1, 0.15) is 18.1 Å². The van der Waals surface area contributed by atoms with Crippen LogP contribution >= 0.6 is 0 Å². The fourth-order valence-corrected chi connectivity index (χ4v) is 1.31. The van der Waals surface area contributed by atoms with E-state index in [1.54, 1.807) is 0 Å². The molecule has 0 spiro atoms. The minimum atomic E-state index is -0.760. The largest absolute Gasteiger partial charge is 0.420 e. The third kappa shape index (κ3) is 2.66. The molecule has 8 heteroatoms. The normalized spacial score (nSPS) is 10.4. The number of halogens is 2. The van der Waals surface area contributed by atoms with E-state index in [0.717, 1.165) is 18.2 Å². The number of aromatic nitrogens is 2. The van der Waals surface area contributed by atoms with Crippen LogP contribution < -0.4 is 11.3 Å². The quantitative estimate of drug-likeness (QED) is 0.474. The van der Waals surface area contributed by atoms with E-state index in [9.17, 15) is 13.6 Å². The second kappa shape index (κ2) is 4.88. The van der Waals surface area contributed by atoms with Crippen LogP contribution in [0.15, 0.2) is 22.6 Å². The summed E-state index contributed by atoms with van der Waals surface area (Å²) in [5, 5.41) is 7.15. The van der Waals surface area contributed by atoms with E-state index in [-0.39, 0.29) is 23.8 Å². The Bertz CT molecular complexity index is 565. The number of hydrogen-bond donors (Lipinski definition) is 2. The molecule has 0 bridgehead atoms. The molecule has 1 heterocycles. The number of carbonyl (C=O) groups is 1. The van der Waals surface area contributed by atoms with Gasteiger partial charge in [0.05, 0.1) is 0 Å². The van der Waals surface area contributed by atoms with Gasteiger partial charge in [-0.25, -0.2) is 14.6 Å². The highest BCUT2D eigenvalue weighted by Gasteiger charge is 2.13. The Labute approximate surface area is 99.8 Å². The Morgan fingerprint density at radius 2 is 1.94 bits per heavy atom. The molecule has 1 amide bonds. The van der Waals surface area contributed by atoms with Crippen LogP contribution in [0.3, 0.4) is 0 Å². The van der Waals surface area contributed by atoms with E-state index >= 15 is 0 Å². The van der Waals surface area contributed by atoms with E-state index in [2.05, 4.69) is 10.2 Å². The molecular weight excluding hydrogens is 246 g/mol. The summed E-state index contributed by atoms with van der Waals surface area (Å²) in [6.07, 6.45) is -0.207. The average Bonchev–Trinajstić information content (AvgIpc) is 2.76. The molecule has 94 valence electrons. The van der Waals surface area contributed by atoms with Gasteiger partial charge in [0.15, 0.2) is 0 Å². The molecule has 0 radical (unpaired) electrons. The van der Waals surface area contributed by atoms with Crippen molar-refractivity contribution in [3.8, 4) is 11.5 Å². The lowest BCUT2D eigenvalue weighted by molar-refractivity contribution is -0.120. The van der Waals surface area contributed by atoms with E-state index in [1.165, 1.54) is 0 Å². The molecule has 0 aliphatic carbocycles. The minimum absolute atomic E-state index is 0.00220. The lowest BCUT2D eigenvalue weighted by Gasteiger charge is -1.96. The van der Waals surface area contributed by atoms with Gasteiger partial charge >= 0.3 is 0 Å². The maximum atomic E-state index is 13.0. The van der Waals surface area contributed by atoms with Crippen LogP contribution in [-0.4, -0.2) is 16.1 Å². The highest BCUT2D eigenvalue weighted by atomic mass is 19.1. The first kappa shape index (κ1) is 12.1. The van der Waals surface area contributed by atoms with E-state index in [1.807, 2.05) is 5.43 Å². The van der Waals surface area contributed by atoms with Crippen LogP contribution in [0.5, 0.6) is 0 Å². The molecule has 0 saturated heterocycles. The van der Waals surface area contributed by atoms with Crippen molar-refractivity contribution in [2.75, 3.05) is 0 Å². The van der Waals surface area contributed by atoms with Gasteiger partial charge in [-0.2, -0.15) is 0 Å². The van der Waals surface area contributed by atoms with E-state index in [4.69, 9.17) is 10.3 Å². The van der Waals surface area contributed by atoms with E-state index < -0.39 is 17.5 Å². The summed E-state index contributed by atoms with van der Waals surface area (Å²) in [5.41, 5.74) is 1.99. The average molecular weight is 254 g/mol. The van der Waals surface area contributed by atoms with Crippen molar-refractivity contribution in [3.63, 3.8) is 0 Å². The van der Waals surface area contributed by atoms with Gasteiger partial charge in [0.2, 0.25) is 17.7 Å². The van der Waals surface area contributed by atoms with Crippen molar-refractivity contribution in [1.29, 1.82) is 0 Å². The molecule has 6 nitrogen and oxygen atoms in total. The third-order valence-corrected chi connectivity index (χ3v) is 2.05. The van der Waals surface area contributed by atoms with Crippen LogP contribution in [0.2, 0.25) is 0 Å². The second-order valence-electron chi connectivity index (χ2n) is 3.40. The zero-order valence-electron chi connectivity index (χ0n) is 8.98. The first-order valence-corrected chi connectivity index (χ1v) is 4.87.